The van der Waals surface area contributed by atoms with Gasteiger partial charge in [-0.05, 0) is 30.9 Å². The lowest BCUT2D eigenvalue weighted by atomic mass is 9.85. The molecule has 0 radical (unpaired) electrons. The van der Waals surface area contributed by atoms with Crippen LogP contribution in [0.2, 0.25) is 0 Å². The molecule has 3 atom stereocenters. The number of aryl methyl sites for hydroxylation is 1. The van der Waals surface area contributed by atoms with Gasteiger partial charge in [0.2, 0.25) is 0 Å². The number of rotatable bonds is 4. The number of nitrogens with zero attached hydrogens (tertiary/aromatic N) is 4. The Hall–Kier alpha value is -3.40. The Morgan fingerprint density at radius 2 is 1.74 bits per heavy atom. The molecule has 4 heterocycles. The maximum absolute atomic E-state index is 10.6. The van der Waals surface area contributed by atoms with Crippen LogP contribution in [0.1, 0.15) is 18.4 Å². The number of likely N-dealkylation sites (tertiary alicyclic amines) is 1. The molecule has 0 unspecified atom stereocenters. The van der Waals surface area contributed by atoms with Crippen LogP contribution in [-0.2, 0) is 27.9 Å². The van der Waals surface area contributed by atoms with Gasteiger partial charge < -0.3 is 20.3 Å². The van der Waals surface area contributed by atoms with Crippen molar-refractivity contribution >= 4 is 17.8 Å². The Bertz CT molecular complexity index is 1010. The van der Waals surface area contributed by atoms with Crippen LogP contribution in [0, 0.1) is 5.92 Å². The minimum Gasteiger partial charge on any atom is -0.475 e. The van der Waals surface area contributed by atoms with E-state index in [2.05, 4.69) is 26.5 Å². The summed E-state index contributed by atoms with van der Waals surface area (Å²) < 4.78 is 71.5. The second-order valence-electron chi connectivity index (χ2n) is 8.53. The third-order valence-electron chi connectivity index (χ3n) is 5.49. The van der Waals surface area contributed by atoms with Crippen molar-refractivity contribution in [3.8, 4) is 0 Å². The Morgan fingerprint density at radius 1 is 1.11 bits per heavy atom. The summed E-state index contributed by atoms with van der Waals surface area (Å²) in [6.07, 6.45) is -1.58. The highest BCUT2D eigenvalue weighted by molar-refractivity contribution is 5.73. The van der Waals surface area contributed by atoms with Gasteiger partial charge in [0.1, 0.15) is 5.82 Å². The summed E-state index contributed by atoms with van der Waals surface area (Å²) in [6.45, 7) is 3.88. The molecule has 3 N–H and O–H groups in total. The zero-order valence-corrected chi connectivity index (χ0v) is 20.1. The minimum atomic E-state index is -5.08. The maximum atomic E-state index is 10.6. The monoisotopic (exact) mass is 555 g/mol. The van der Waals surface area contributed by atoms with Gasteiger partial charge in [0.05, 0.1) is 18.3 Å². The first-order chi connectivity index (χ1) is 17.7. The quantitative estimate of drug-likeness (QED) is 0.487. The fraction of sp³-hybridized carbons (Fsp3) is 0.545. The molecule has 2 aromatic heterocycles. The van der Waals surface area contributed by atoms with Crippen LogP contribution in [0.4, 0.5) is 32.2 Å². The molecule has 2 fully saturated rings. The molecule has 0 aromatic carbocycles. The molecule has 2 saturated heterocycles. The zero-order chi connectivity index (χ0) is 28.5. The summed E-state index contributed by atoms with van der Waals surface area (Å²) in [5, 5.41) is 22.1. The number of carboxylic acid groups (broad SMARTS) is 2. The Kier molecular flexibility index (Phi) is 10.9. The molecule has 212 valence electrons. The van der Waals surface area contributed by atoms with Gasteiger partial charge in [-0.3, -0.25) is 9.58 Å². The summed E-state index contributed by atoms with van der Waals surface area (Å²) in [5.74, 6) is -4.00. The second kappa shape index (κ2) is 13.4. The number of carbonyl (C=O) groups is 2. The first-order valence-corrected chi connectivity index (χ1v) is 11.3. The van der Waals surface area contributed by atoms with Gasteiger partial charge in [-0.25, -0.2) is 14.6 Å². The van der Waals surface area contributed by atoms with E-state index < -0.39 is 24.3 Å². The van der Waals surface area contributed by atoms with Crippen LogP contribution in [0.25, 0.3) is 0 Å². The normalized spacial score (nSPS) is 21.6. The van der Waals surface area contributed by atoms with Crippen LogP contribution < -0.4 is 5.32 Å². The SMILES string of the molecule is Cn1cc(CN2C[C@@H]3CCCO[C@@H]3[C@H](Nc3ccccn3)C2)cn1.O=C(O)C(F)(F)F.O=C(O)C(F)(F)F. The number of aliphatic carboxylic acids is 2. The van der Waals surface area contributed by atoms with Gasteiger partial charge in [0.25, 0.3) is 0 Å². The first kappa shape index (κ1) is 30.8. The highest BCUT2D eigenvalue weighted by Gasteiger charge is 2.40. The number of aromatic nitrogens is 3. The number of piperidine rings is 1. The van der Waals surface area contributed by atoms with E-state index in [1.54, 1.807) is 0 Å². The third kappa shape index (κ3) is 10.2. The summed E-state index contributed by atoms with van der Waals surface area (Å²) in [4.78, 5) is 24.7. The molecular weight excluding hydrogens is 528 g/mol. The molecule has 0 aliphatic carbocycles. The van der Waals surface area contributed by atoms with Crippen LogP contribution >= 0.6 is 0 Å². The van der Waals surface area contributed by atoms with Crippen molar-refractivity contribution < 1.29 is 50.9 Å². The number of carboxylic acids is 2. The summed E-state index contributed by atoms with van der Waals surface area (Å²) in [6, 6.07) is 6.26. The molecule has 2 aliphatic rings. The van der Waals surface area contributed by atoms with Gasteiger partial charge in [0, 0.05) is 51.2 Å². The summed E-state index contributed by atoms with van der Waals surface area (Å²) in [5.41, 5.74) is 1.27. The second-order valence-corrected chi connectivity index (χ2v) is 8.53. The molecule has 2 aromatic rings. The van der Waals surface area contributed by atoms with Crippen LogP contribution in [-0.4, -0.2) is 86.0 Å². The van der Waals surface area contributed by atoms with Crippen molar-refractivity contribution in [1.29, 1.82) is 0 Å². The largest absolute Gasteiger partial charge is 0.490 e. The minimum absolute atomic E-state index is 0.274. The lowest BCUT2D eigenvalue weighted by Crippen LogP contribution is -2.57. The molecular formula is C22H27F6N5O5. The highest BCUT2D eigenvalue weighted by Crippen LogP contribution is 2.30. The average Bonchev–Trinajstić information content (AvgIpc) is 3.23. The van der Waals surface area contributed by atoms with Crippen LogP contribution in [0.3, 0.4) is 0 Å². The van der Waals surface area contributed by atoms with E-state index in [9.17, 15) is 26.3 Å². The van der Waals surface area contributed by atoms with Crippen molar-refractivity contribution in [2.75, 3.05) is 25.0 Å². The highest BCUT2D eigenvalue weighted by atomic mass is 19.4. The van der Waals surface area contributed by atoms with Gasteiger partial charge in [-0.2, -0.15) is 31.4 Å². The Labute approximate surface area is 213 Å². The number of hydrogen-bond acceptors (Lipinski definition) is 7. The van der Waals surface area contributed by atoms with E-state index in [-0.39, 0.29) is 12.1 Å². The predicted molar refractivity (Wildman–Crippen MR) is 120 cm³/mol. The molecule has 10 nitrogen and oxygen atoms in total. The van der Waals surface area contributed by atoms with Crippen molar-refractivity contribution in [2.45, 2.75) is 43.9 Å². The molecule has 0 bridgehead atoms. The number of fused-ring (bicyclic) bond motifs is 1. The van der Waals surface area contributed by atoms with Crippen molar-refractivity contribution in [1.82, 2.24) is 19.7 Å². The van der Waals surface area contributed by atoms with Crippen molar-refractivity contribution in [3.05, 3.63) is 42.4 Å². The van der Waals surface area contributed by atoms with E-state index in [1.807, 2.05) is 42.3 Å². The fourth-order valence-corrected chi connectivity index (χ4v) is 4.00. The number of anilines is 1. The predicted octanol–water partition coefficient (Wildman–Crippen LogP) is 3.17. The van der Waals surface area contributed by atoms with Crippen molar-refractivity contribution in [2.24, 2.45) is 13.0 Å². The molecule has 16 heteroatoms. The summed E-state index contributed by atoms with van der Waals surface area (Å²) in [7, 11) is 1.97. The summed E-state index contributed by atoms with van der Waals surface area (Å²) >= 11 is 0. The smallest absolute Gasteiger partial charge is 0.475 e. The van der Waals surface area contributed by atoms with Gasteiger partial charge in [-0.1, -0.05) is 6.07 Å². The van der Waals surface area contributed by atoms with E-state index in [1.165, 1.54) is 12.0 Å². The lowest BCUT2D eigenvalue weighted by molar-refractivity contribution is -0.193. The first-order valence-electron chi connectivity index (χ1n) is 11.3. The van der Waals surface area contributed by atoms with E-state index in [0.29, 0.717) is 5.92 Å². The van der Waals surface area contributed by atoms with Gasteiger partial charge in [0.15, 0.2) is 0 Å². The van der Waals surface area contributed by atoms with Crippen LogP contribution in [0.15, 0.2) is 36.8 Å². The number of alkyl halides is 6. The van der Waals surface area contributed by atoms with E-state index in [0.717, 1.165) is 38.5 Å². The molecule has 0 amide bonds. The molecule has 38 heavy (non-hydrogen) atoms. The molecule has 0 saturated carbocycles. The Morgan fingerprint density at radius 3 is 2.24 bits per heavy atom. The number of halogens is 6. The molecule has 2 aliphatic heterocycles. The number of pyridine rings is 1. The number of ether oxygens (including phenoxy) is 1. The average molecular weight is 555 g/mol. The van der Waals surface area contributed by atoms with E-state index >= 15 is 0 Å². The maximum Gasteiger partial charge on any atom is 0.490 e. The van der Waals surface area contributed by atoms with Crippen molar-refractivity contribution in [3.63, 3.8) is 0 Å². The zero-order valence-electron chi connectivity index (χ0n) is 20.1. The Balaban J connectivity index is 0.000000301. The standard InChI is InChI=1S/C18H25N5O.2C2HF3O2/c1-22-10-14(9-20-22)11-23-12-15-5-4-8-24-18(15)16(13-23)21-17-6-2-3-7-19-17;2*3-2(4,5)1(6)7/h2-3,6-7,9-10,15-16,18H,4-5,8,11-13H2,1H3,(H,19,21);2*(H,6,7)/t15-,16+,18-;;/m0../s1. The molecule has 0 spiro atoms. The third-order valence-corrected chi connectivity index (χ3v) is 5.49. The number of nitrogens with one attached hydrogen (secondary N) is 1. The van der Waals surface area contributed by atoms with Gasteiger partial charge >= 0.3 is 24.3 Å². The van der Waals surface area contributed by atoms with Crippen LogP contribution in [0.5, 0.6) is 0 Å². The fourth-order valence-electron chi connectivity index (χ4n) is 4.00. The lowest BCUT2D eigenvalue weighted by Gasteiger charge is -2.46. The molecule has 4 rings (SSSR count). The number of hydrogen-bond donors (Lipinski definition) is 3. The topological polar surface area (TPSA) is 130 Å². The van der Waals surface area contributed by atoms with E-state index in [4.69, 9.17) is 24.5 Å². The van der Waals surface area contributed by atoms with Gasteiger partial charge in [-0.15, -0.1) is 0 Å².